The molecule has 1 amide bonds. The Labute approximate surface area is 190 Å². The molecule has 0 spiro atoms. The van der Waals surface area contributed by atoms with Crippen molar-refractivity contribution in [3.63, 3.8) is 0 Å². The number of ether oxygens (including phenoxy) is 1. The molecular formula is C24H23ClN4O3. The lowest BCUT2D eigenvalue weighted by atomic mass is 9.99. The van der Waals surface area contributed by atoms with Gasteiger partial charge in [-0.15, -0.1) is 0 Å². The highest BCUT2D eigenvalue weighted by Crippen LogP contribution is 2.36. The molecule has 2 aromatic carbocycles. The van der Waals surface area contributed by atoms with Crippen molar-refractivity contribution in [1.82, 2.24) is 19.4 Å². The third kappa shape index (κ3) is 3.69. The van der Waals surface area contributed by atoms with Crippen LogP contribution in [0.3, 0.4) is 0 Å². The first-order valence-corrected chi connectivity index (χ1v) is 10.6. The fourth-order valence-electron chi connectivity index (χ4n) is 3.81. The number of benzene rings is 2. The number of esters is 1. The quantitative estimate of drug-likeness (QED) is 0.337. The van der Waals surface area contributed by atoms with Crippen molar-refractivity contribution in [2.45, 2.75) is 12.8 Å². The number of halogens is 1. The number of fused-ring (bicyclic) bond motifs is 3. The summed E-state index contributed by atoms with van der Waals surface area (Å²) in [4.78, 5) is 37.1. The van der Waals surface area contributed by atoms with E-state index in [-0.39, 0.29) is 6.61 Å². The fourth-order valence-corrected chi connectivity index (χ4v) is 3.98. The summed E-state index contributed by atoms with van der Waals surface area (Å²) in [6, 6.07) is 14.9. The van der Waals surface area contributed by atoms with Gasteiger partial charge in [0, 0.05) is 42.5 Å². The van der Waals surface area contributed by atoms with Crippen molar-refractivity contribution in [2.75, 3.05) is 20.7 Å². The molecule has 0 aliphatic heterocycles. The molecule has 0 fully saturated rings. The van der Waals surface area contributed by atoms with E-state index in [0.717, 1.165) is 16.5 Å². The summed E-state index contributed by atoms with van der Waals surface area (Å²) in [5, 5.41) is 2.02. The first kappa shape index (κ1) is 21.8. The lowest BCUT2D eigenvalue weighted by molar-refractivity contribution is -0.150. The first-order chi connectivity index (χ1) is 15.3. The maximum atomic E-state index is 13.2. The van der Waals surface area contributed by atoms with E-state index in [4.69, 9.17) is 26.3 Å². The summed E-state index contributed by atoms with van der Waals surface area (Å²) in [7, 11) is 5.08. The molecule has 164 valence electrons. The van der Waals surface area contributed by atoms with Gasteiger partial charge in [0.1, 0.15) is 5.65 Å². The van der Waals surface area contributed by atoms with Gasteiger partial charge < -0.3 is 14.2 Å². The number of likely N-dealkylation sites (N-methyl/N-ethyl adjacent to an activating group) is 1. The largest absolute Gasteiger partial charge is 0.465 e. The van der Waals surface area contributed by atoms with Crippen LogP contribution in [0.2, 0.25) is 5.02 Å². The van der Waals surface area contributed by atoms with Gasteiger partial charge in [-0.25, -0.2) is 9.97 Å². The molecule has 0 N–H and O–H groups in total. The number of amides is 1. The topological polar surface area (TPSA) is 77.3 Å². The van der Waals surface area contributed by atoms with E-state index >= 15 is 0 Å². The van der Waals surface area contributed by atoms with Crippen molar-refractivity contribution in [3.05, 3.63) is 59.2 Å². The molecular weight excluding hydrogens is 428 g/mol. The van der Waals surface area contributed by atoms with Crippen LogP contribution in [0.15, 0.2) is 48.5 Å². The summed E-state index contributed by atoms with van der Waals surface area (Å²) in [6.07, 6.45) is 0. The van der Waals surface area contributed by atoms with Gasteiger partial charge in [-0.05, 0) is 19.1 Å². The molecule has 0 saturated carbocycles. The van der Waals surface area contributed by atoms with Gasteiger partial charge in [0.05, 0.1) is 17.8 Å². The van der Waals surface area contributed by atoms with Crippen LogP contribution in [-0.4, -0.2) is 52.0 Å². The number of carbonyl (C=O) groups excluding carboxylic acids is 2. The van der Waals surface area contributed by atoms with Gasteiger partial charge in [0.15, 0.2) is 11.7 Å². The van der Waals surface area contributed by atoms with Crippen molar-refractivity contribution >= 4 is 45.4 Å². The molecule has 1 unspecified atom stereocenters. The third-order valence-corrected chi connectivity index (χ3v) is 5.58. The Balaban J connectivity index is 2.12. The second kappa shape index (κ2) is 8.59. The number of nitrogens with zero attached hydrogens (tertiary/aromatic N) is 4. The smallest absolute Gasteiger partial charge is 0.324 e. The van der Waals surface area contributed by atoms with Gasteiger partial charge in [-0.1, -0.05) is 48.0 Å². The highest BCUT2D eigenvalue weighted by Gasteiger charge is 2.36. The monoisotopic (exact) mass is 450 g/mol. The Bertz CT molecular complexity index is 1330. The molecule has 1 atom stereocenters. The van der Waals surface area contributed by atoms with Crippen LogP contribution < -0.4 is 0 Å². The molecule has 2 heterocycles. The lowest BCUT2D eigenvalue weighted by Gasteiger charge is -2.20. The van der Waals surface area contributed by atoms with Crippen LogP contribution in [0, 0.1) is 0 Å². The van der Waals surface area contributed by atoms with Crippen LogP contribution in [0.25, 0.3) is 33.3 Å². The van der Waals surface area contributed by atoms with Crippen molar-refractivity contribution in [3.8, 4) is 11.4 Å². The molecule has 8 heteroatoms. The molecule has 0 aliphatic carbocycles. The summed E-state index contributed by atoms with van der Waals surface area (Å²) in [6.45, 7) is 1.86. The summed E-state index contributed by atoms with van der Waals surface area (Å²) < 4.78 is 7.19. The van der Waals surface area contributed by atoms with Crippen LogP contribution >= 0.6 is 11.6 Å². The van der Waals surface area contributed by atoms with E-state index < -0.39 is 17.8 Å². The van der Waals surface area contributed by atoms with Gasteiger partial charge in [0.2, 0.25) is 5.91 Å². The Hall–Kier alpha value is -3.45. The summed E-state index contributed by atoms with van der Waals surface area (Å²) >= 11 is 6.25. The van der Waals surface area contributed by atoms with Crippen LogP contribution in [0.5, 0.6) is 0 Å². The highest BCUT2D eigenvalue weighted by atomic mass is 35.5. The molecule has 0 bridgehead atoms. The average Bonchev–Trinajstić information content (AvgIpc) is 3.06. The van der Waals surface area contributed by atoms with Crippen molar-refractivity contribution in [1.29, 1.82) is 0 Å². The Morgan fingerprint density at radius 1 is 1.12 bits per heavy atom. The highest BCUT2D eigenvalue weighted by molar-refractivity contribution is 6.31. The second-order valence-electron chi connectivity index (χ2n) is 7.64. The molecule has 0 radical (unpaired) electrons. The number of hydrogen-bond donors (Lipinski definition) is 0. The van der Waals surface area contributed by atoms with Crippen LogP contribution in [0.1, 0.15) is 18.5 Å². The van der Waals surface area contributed by atoms with E-state index in [1.807, 2.05) is 54.1 Å². The number of rotatable bonds is 5. The van der Waals surface area contributed by atoms with Crippen LogP contribution in [-0.2, 0) is 21.4 Å². The number of aromatic nitrogens is 3. The van der Waals surface area contributed by atoms with E-state index in [0.29, 0.717) is 27.6 Å². The van der Waals surface area contributed by atoms with E-state index in [1.54, 1.807) is 27.1 Å². The number of aryl methyl sites for hydroxylation is 1. The summed E-state index contributed by atoms with van der Waals surface area (Å²) in [5.41, 5.74) is 2.53. The molecule has 0 aliphatic rings. The number of carbonyl (C=O) groups is 2. The zero-order chi connectivity index (χ0) is 23.0. The third-order valence-electron chi connectivity index (χ3n) is 5.34. The lowest BCUT2D eigenvalue weighted by Crippen LogP contribution is -2.34. The van der Waals surface area contributed by atoms with E-state index in [1.165, 1.54) is 4.90 Å². The minimum atomic E-state index is -1.22. The minimum Gasteiger partial charge on any atom is -0.465 e. The molecule has 0 saturated heterocycles. The maximum absolute atomic E-state index is 13.2. The minimum absolute atomic E-state index is 0.154. The van der Waals surface area contributed by atoms with Crippen molar-refractivity contribution in [2.24, 2.45) is 7.05 Å². The van der Waals surface area contributed by atoms with Gasteiger partial charge in [-0.3, -0.25) is 9.59 Å². The molecule has 2 aromatic heterocycles. The second-order valence-corrected chi connectivity index (χ2v) is 8.07. The normalized spacial score (nSPS) is 12.2. The van der Waals surface area contributed by atoms with Crippen molar-refractivity contribution < 1.29 is 14.3 Å². The predicted molar refractivity (Wildman–Crippen MR) is 125 cm³/mol. The zero-order valence-electron chi connectivity index (χ0n) is 18.3. The Kier molecular flexibility index (Phi) is 5.84. The molecule has 4 aromatic rings. The van der Waals surface area contributed by atoms with Gasteiger partial charge >= 0.3 is 5.97 Å². The standard InChI is InChI=1S/C24H23ClN4O3/c1-5-32-24(31)19(23(30)28(2)3)20-18-16-12-11-15(25)13-17(16)29(4)22(18)27-21(26-20)14-9-7-6-8-10-14/h6-13,19H,5H2,1-4H3. The number of hydrogen-bond acceptors (Lipinski definition) is 5. The molecule has 4 rings (SSSR count). The SMILES string of the molecule is CCOC(=O)C(C(=O)N(C)C)c1nc(-c2ccccc2)nc2c1c1ccc(Cl)cc1n2C. The van der Waals surface area contributed by atoms with E-state index in [2.05, 4.69) is 0 Å². The zero-order valence-corrected chi connectivity index (χ0v) is 19.1. The average molecular weight is 451 g/mol. The van der Waals surface area contributed by atoms with Gasteiger partial charge in [0.25, 0.3) is 0 Å². The first-order valence-electron chi connectivity index (χ1n) is 10.2. The van der Waals surface area contributed by atoms with Gasteiger partial charge in [-0.2, -0.15) is 0 Å². The maximum Gasteiger partial charge on any atom is 0.324 e. The molecule has 32 heavy (non-hydrogen) atoms. The Morgan fingerprint density at radius 3 is 2.50 bits per heavy atom. The van der Waals surface area contributed by atoms with Crippen LogP contribution in [0.4, 0.5) is 0 Å². The fraction of sp³-hybridized carbons (Fsp3) is 0.250. The Morgan fingerprint density at radius 2 is 1.84 bits per heavy atom. The van der Waals surface area contributed by atoms with E-state index in [9.17, 15) is 9.59 Å². The summed E-state index contributed by atoms with van der Waals surface area (Å²) in [5.74, 6) is -1.85. The predicted octanol–water partition coefficient (Wildman–Crippen LogP) is 4.18. The molecule has 7 nitrogen and oxygen atoms in total.